The Labute approximate surface area is 187 Å². The Bertz CT molecular complexity index is 999. The predicted molar refractivity (Wildman–Crippen MR) is 112 cm³/mol. The Balaban J connectivity index is 1.31. The lowest BCUT2D eigenvalue weighted by molar-refractivity contribution is -0.178. The van der Waals surface area contributed by atoms with E-state index in [1.54, 1.807) is 23.1 Å². The van der Waals surface area contributed by atoms with Crippen molar-refractivity contribution in [1.82, 2.24) is 9.88 Å². The van der Waals surface area contributed by atoms with Crippen LogP contribution >= 0.6 is 11.3 Å². The van der Waals surface area contributed by atoms with Gasteiger partial charge in [0, 0.05) is 23.3 Å². The SMILES string of the molecule is CC(C(=O)CN1CCC(c2nc(C3=NOC(c4ccccc4F)C3)cs2)CC1)C(F)(F)F. The van der Waals surface area contributed by atoms with E-state index in [4.69, 9.17) is 9.82 Å². The van der Waals surface area contributed by atoms with E-state index >= 15 is 0 Å². The van der Waals surface area contributed by atoms with E-state index in [0.29, 0.717) is 36.5 Å². The summed E-state index contributed by atoms with van der Waals surface area (Å²) in [6.07, 6.45) is -3.09. The lowest BCUT2D eigenvalue weighted by Gasteiger charge is -2.31. The number of nitrogens with zero attached hydrogens (tertiary/aromatic N) is 3. The molecule has 2 aliphatic heterocycles. The first-order valence-electron chi connectivity index (χ1n) is 10.5. The second-order valence-electron chi connectivity index (χ2n) is 8.21. The smallest absolute Gasteiger partial charge is 0.387 e. The lowest BCUT2D eigenvalue weighted by atomic mass is 9.96. The Kier molecular flexibility index (Phi) is 6.62. The molecule has 2 atom stereocenters. The summed E-state index contributed by atoms with van der Waals surface area (Å²) in [6.45, 7) is 1.84. The van der Waals surface area contributed by atoms with E-state index in [2.05, 4.69) is 5.16 Å². The number of aromatic nitrogens is 1. The first-order chi connectivity index (χ1) is 15.2. The van der Waals surface area contributed by atoms with Gasteiger partial charge in [0.1, 0.15) is 17.4 Å². The average Bonchev–Trinajstić information content (AvgIpc) is 3.43. The fraction of sp³-hybridized carbons (Fsp3) is 0.500. The molecule has 1 aromatic heterocycles. The molecule has 0 amide bonds. The number of rotatable bonds is 6. The minimum absolute atomic E-state index is 0.178. The summed E-state index contributed by atoms with van der Waals surface area (Å²) in [7, 11) is 0. The first-order valence-corrected chi connectivity index (χ1v) is 11.3. The van der Waals surface area contributed by atoms with E-state index in [-0.39, 0.29) is 18.3 Å². The van der Waals surface area contributed by atoms with Gasteiger partial charge in [0.2, 0.25) is 0 Å². The van der Waals surface area contributed by atoms with Crippen LogP contribution in [0.25, 0.3) is 0 Å². The number of carbonyl (C=O) groups is 1. The zero-order valence-corrected chi connectivity index (χ0v) is 18.3. The molecule has 172 valence electrons. The Morgan fingerprint density at radius 3 is 2.69 bits per heavy atom. The molecule has 3 heterocycles. The highest BCUT2D eigenvalue weighted by atomic mass is 32.1. The number of Topliss-reactive ketones (excluding diaryl/α,β-unsaturated/α-hetero) is 1. The minimum Gasteiger partial charge on any atom is -0.387 e. The summed E-state index contributed by atoms with van der Waals surface area (Å²) in [5.41, 5.74) is 1.84. The molecule has 0 saturated carbocycles. The van der Waals surface area contributed by atoms with Crippen molar-refractivity contribution in [1.29, 1.82) is 0 Å². The van der Waals surface area contributed by atoms with E-state index < -0.39 is 24.0 Å². The number of carbonyl (C=O) groups excluding carboxylic acids is 1. The summed E-state index contributed by atoms with van der Waals surface area (Å²) < 4.78 is 52.2. The van der Waals surface area contributed by atoms with Crippen molar-refractivity contribution in [2.24, 2.45) is 11.1 Å². The fourth-order valence-electron chi connectivity index (χ4n) is 3.92. The largest absolute Gasteiger partial charge is 0.398 e. The molecule has 0 aliphatic carbocycles. The minimum atomic E-state index is -4.50. The molecule has 4 rings (SSSR count). The predicted octanol–water partition coefficient (Wildman–Crippen LogP) is 5.09. The second-order valence-corrected chi connectivity index (χ2v) is 9.10. The monoisotopic (exact) mass is 469 g/mol. The Morgan fingerprint density at radius 2 is 2.00 bits per heavy atom. The van der Waals surface area contributed by atoms with Gasteiger partial charge in [-0.2, -0.15) is 13.2 Å². The molecule has 1 saturated heterocycles. The molecule has 0 bridgehead atoms. The maximum absolute atomic E-state index is 14.0. The third-order valence-electron chi connectivity index (χ3n) is 6.03. The summed E-state index contributed by atoms with van der Waals surface area (Å²) in [4.78, 5) is 23.8. The number of hydrogen-bond donors (Lipinski definition) is 0. The summed E-state index contributed by atoms with van der Waals surface area (Å²) in [6, 6.07) is 6.45. The van der Waals surface area contributed by atoms with Gasteiger partial charge in [-0.1, -0.05) is 23.4 Å². The highest BCUT2D eigenvalue weighted by Crippen LogP contribution is 2.34. The molecule has 0 N–H and O–H groups in total. The average molecular weight is 470 g/mol. The van der Waals surface area contributed by atoms with E-state index in [1.165, 1.54) is 17.4 Å². The molecule has 5 nitrogen and oxygen atoms in total. The summed E-state index contributed by atoms with van der Waals surface area (Å²) in [5, 5.41) is 6.94. The van der Waals surface area contributed by atoms with E-state index in [9.17, 15) is 22.4 Å². The van der Waals surface area contributed by atoms with Crippen LogP contribution in [-0.4, -0.2) is 47.2 Å². The number of oxime groups is 1. The Morgan fingerprint density at radius 1 is 1.28 bits per heavy atom. The van der Waals surface area contributed by atoms with Crippen LogP contribution in [0.5, 0.6) is 0 Å². The number of ketones is 1. The van der Waals surface area contributed by atoms with Gasteiger partial charge >= 0.3 is 6.18 Å². The molecule has 0 spiro atoms. The van der Waals surface area contributed by atoms with Crippen LogP contribution in [0.2, 0.25) is 0 Å². The highest BCUT2D eigenvalue weighted by molar-refractivity contribution is 7.10. The number of piperidine rings is 1. The van der Waals surface area contributed by atoms with Gasteiger partial charge in [0.15, 0.2) is 11.9 Å². The van der Waals surface area contributed by atoms with Gasteiger partial charge < -0.3 is 4.84 Å². The Hall–Kier alpha value is -2.33. The van der Waals surface area contributed by atoms with E-state index in [0.717, 1.165) is 24.8 Å². The number of thiazole rings is 1. The number of hydrogen-bond acceptors (Lipinski definition) is 6. The molecule has 10 heteroatoms. The van der Waals surface area contributed by atoms with Crippen molar-refractivity contribution < 1.29 is 27.2 Å². The quantitative estimate of drug-likeness (QED) is 0.553. The fourth-order valence-corrected chi connectivity index (χ4v) is 4.92. The third kappa shape index (κ3) is 5.01. The third-order valence-corrected chi connectivity index (χ3v) is 7.04. The van der Waals surface area contributed by atoms with Crippen LogP contribution in [0.15, 0.2) is 34.8 Å². The van der Waals surface area contributed by atoms with Crippen molar-refractivity contribution in [3.8, 4) is 0 Å². The van der Waals surface area contributed by atoms with Crippen molar-refractivity contribution in [2.75, 3.05) is 19.6 Å². The maximum Gasteiger partial charge on any atom is 0.398 e. The van der Waals surface area contributed by atoms with Crippen LogP contribution in [0.1, 0.15) is 54.5 Å². The molecular weight excluding hydrogens is 446 g/mol. The van der Waals surface area contributed by atoms with Crippen molar-refractivity contribution in [2.45, 2.75) is 44.4 Å². The maximum atomic E-state index is 14.0. The molecule has 32 heavy (non-hydrogen) atoms. The van der Waals surface area contributed by atoms with Crippen molar-refractivity contribution in [3.05, 3.63) is 51.7 Å². The van der Waals surface area contributed by atoms with Crippen LogP contribution in [0, 0.1) is 11.7 Å². The molecule has 2 aliphatic rings. The topological polar surface area (TPSA) is 54.8 Å². The molecule has 0 radical (unpaired) electrons. The number of benzene rings is 1. The zero-order valence-electron chi connectivity index (χ0n) is 17.4. The molecular formula is C22H23F4N3O2S. The first kappa shape index (κ1) is 22.8. The van der Waals surface area contributed by atoms with Gasteiger partial charge in [-0.15, -0.1) is 11.3 Å². The van der Waals surface area contributed by atoms with Gasteiger partial charge in [-0.05, 0) is 38.9 Å². The van der Waals surface area contributed by atoms with Gasteiger partial charge in [-0.3, -0.25) is 9.69 Å². The highest BCUT2D eigenvalue weighted by Gasteiger charge is 2.41. The normalized spacial score (nSPS) is 21.3. The lowest BCUT2D eigenvalue weighted by Crippen LogP contribution is -2.41. The standard InChI is InChI=1S/C22H23F4N3O2S/c1-13(22(24,25)26)19(30)11-29-8-6-14(7-9-29)21-27-18(12-32-21)17-10-20(31-28-17)15-4-2-3-5-16(15)23/h2-5,12-14,20H,6-11H2,1H3. The van der Waals surface area contributed by atoms with Crippen molar-refractivity contribution in [3.63, 3.8) is 0 Å². The van der Waals surface area contributed by atoms with Crippen LogP contribution in [-0.2, 0) is 9.63 Å². The molecule has 2 aromatic rings. The van der Waals surface area contributed by atoms with Crippen LogP contribution in [0.3, 0.4) is 0 Å². The molecule has 1 fully saturated rings. The second kappa shape index (κ2) is 9.27. The van der Waals surface area contributed by atoms with Gasteiger partial charge in [0.05, 0.1) is 17.2 Å². The summed E-state index contributed by atoms with van der Waals surface area (Å²) in [5.74, 6) is -2.88. The van der Waals surface area contributed by atoms with Crippen LogP contribution in [0.4, 0.5) is 17.6 Å². The number of alkyl halides is 3. The van der Waals surface area contributed by atoms with Gasteiger partial charge in [-0.25, -0.2) is 9.37 Å². The molecule has 2 unspecified atom stereocenters. The zero-order chi connectivity index (χ0) is 22.9. The van der Waals surface area contributed by atoms with Crippen molar-refractivity contribution >= 4 is 22.8 Å². The van der Waals surface area contributed by atoms with Gasteiger partial charge in [0.25, 0.3) is 0 Å². The number of likely N-dealkylation sites (tertiary alicyclic amines) is 1. The van der Waals surface area contributed by atoms with Crippen LogP contribution < -0.4 is 0 Å². The van der Waals surface area contributed by atoms with E-state index in [1.807, 2.05) is 5.38 Å². The summed E-state index contributed by atoms with van der Waals surface area (Å²) >= 11 is 1.51. The molecule has 1 aromatic carbocycles. The number of halogens is 4.